The highest BCUT2D eigenvalue weighted by molar-refractivity contribution is 7.90. The van der Waals surface area contributed by atoms with Crippen LogP contribution in [-0.2, 0) is 15.6 Å². The minimum Gasteiger partial charge on any atom is -0.406 e. The first-order valence-corrected chi connectivity index (χ1v) is 14.0. The third kappa shape index (κ3) is 5.21. The molecule has 2 aromatic carbocycles. The number of benzene rings is 2. The summed E-state index contributed by atoms with van der Waals surface area (Å²) in [6.07, 6.45) is 2.41. The second-order valence-corrected chi connectivity index (χ2v) is 11.6. The van der Waals surface area contributed by atoms with Crippen molar-refractivity contribution in [3.05, 3.63) is 72.8 Å². The number of fused-ring (bicyclic) bond motifs is 2. The molecule has 1 fully saturated rings. The van der Waals surface area contributed by atoms with Gasteiger partial charge in [0.2, 0.25) is 0 Å². The van der Waals surface area contributed by atoms with Crippen molar-refractivity contribution in [3.8, 4) is 16.9 Å². The number of ether oxygens (including phenoxy) is 1. The van der Waals surface area contributed by atoms with Crippen molar-refractivity contribution in [2.45, 2.75) is 35.9 Å². The topological polar surface area (TPSA) is 102 Å². The van der Waals surface area contributed by atoms with Crippen molar-refractivity contribution in [1.82, 2.24) is 24.8 Å². The van der Waals surface area contributed by atoms with Gasteiger partial charge in [-0.25, -0.2) is 18.4 Å². The Bertz CT molecular complexity index is 1770. The number of halogens is 3. The summed E-state index contributed by atoms with van der Waals surface area (Å²) in [6.45, 7) is 1.90. The molecule has 1 aliphatic heterocycles. The average molecular weight is 556 g/mol. The number of sulfone groups is 1. The van der Waals surface area contributed by atoms with Crippen LogP contribution in [0.4, 0.5) is 13.2 Å². The SMILES string of the molecule is O=S(=O)(Cc1cnc2[nH]cc(-c3ccc4ncn(C5CCCNC5)c4c3)c2c1)c1cccc(OC(F)(F)F)c1. The van der Waals surface area contributed by atoms with Crippen molar-refractivity contribution in [3.63, 3.8) is 0 Å². The van der Waals surface area contributed by atoms with E-state index in [1.807, 2.05) is 24.7 Å². The van der Waals surface area contributed by atoms with E-state index in [0.717, 1.165) is 65.6 Å². The molecular formula is C27H24F3N5O3S. The largest absolute Gasteiger partial charge is 0.573 e. The Morgan fingerprint density at radius 1 is 1.10 bits per heavy atom. The van der Waals surface area contributed by atoms with Crippen LogP contribution in [0.25, 0.3) is 33.2 Å². The highest BCUT2D eigenvalue weighted by Crippen LogP contribution is 2.33. The third-order valence-corrected chi connectivity index (χ3v) is 8.58. The molecule has 1 atom stereocenters. The van der Waals surface area contributed by atoms with Crippen LogP contribution < -0.4 is 10.1 Å². The third-order valence-electron chi connectivity index (χ3n) is 6.89. The zero-order valence-corrected chi connectivity index (χ0v) is 21.4. The summed E-state index contributed by atoms with van der Waals surface area (Å²) in [5, 5.41) is 4.17. The number of nitrogens with one attached hydrogen (secondary N) is 2. The fourth-order valence-electron chi connectivity index (χ4n) is 5.09. The van der Waals surface area contributed by atoms with Gasteiger partial charge in [-0.15, -0.1) is 13.2 Å². The number of piperidine rings is 1. The number of hydrogen-bond acceptors (Lipinski definition) is 6. The summed E-state index contributed by atoms with van der Waals surface area (Å²) in [4.78, 5) is 11.8. The quantitative estimate of drug-likeness (QED) is 0.292. The molecule has 0 aliphatic carbocycles. The van der Waals surface area contributed by atoms with Gasteiger partial charge in [0.15, 0.2) is 9.84 Å². The molecule has 2 N–H and O–H groups in total. The normalized spacial score (nSPS) is 16.6. The van der Waals surface area contributed by atoms with Gasteiger partial charge in [0, 0.05) is 35.9 Å². The lowest BCUT2D eigenvalue weighted by atomic mass is 10.0. The van der Waals surface area contributed by atoms with Gasteiger partial charge < -0.3 is 19.6 Å². The molecule has 0 spiro atoms. The van der Waals surface area contributed by atoms with E-state index >= 15 is 0 Å². The minimum absolute atomic E-state index is 0.269. The van der Waals surface area contributed by atoms with Gasteiger partial charge in [0.05, 0.1) is 28.0 Å². The molecule has 0 bridgehead atoms. The number of H-pyrrole nitrogens is 1. The molecular weight excluding hydrogens is 531 g/mol. The number of imidazole rings is 1. The summed E-state index contributed by atoms with van der Waals surface area (Å²) in [6, 6.07) is 12.5. The number of aromatic amines is 1. The molecule has 1 unspecified atom stereocenters. The maximum absolute atomic E-state index is 13.1. The molecule has 1 aliphatic rings. The molecule has 12 heteroatoms. The van der Waals surface area contributed by atoms with Crippen molar-refractivity contribution in [2.75, 3.05) is 13.1 Å². The Morgan fingerprint density at radius 2 is 1.97 bits per heavy atom. The van der Waals surface area contributed by atoms with Gasteiger partial charge in [-0.2, -0.15) is 0 Å². The fourth-order valence-corrected chi connectivity index (χ4v) is 6.43. The Morgan fingerprint density at radius 3 is 2.77 bits per heavy atom. The van der Waals surface area contributed by atoms with Crippen LogP contribution in [-0.4, -0.2) is 47.4 Å². The number of rotatable bonds is 6. The highest BCUT2D eigenvalue weighted by Gasteiger charge is 2.31. The number of pyridine rings is 1. The predicted octanol–water partition coefficient (Wildman–Crippen LogP) is 5.38. The first kappa shape index (κ1) is 25.4. The van der Waals surface area contributed by atoms with E-state index in [9.17, 15) is 21.6 Å². The van der Waals surface area contributed by atoms with Crippen LogP contribution >= 0.6 is 0 Å². The smallest absolute Gasteiger partial charge is 0.406 e. The zero-order valence-electron chi connectivity index (χ0n) is 20.6. The summed E-state index contributed by atoms with van der Waals surface area (Å²) >= 11 is 0. The van der Waals surface area contributed by atoms with E-state index in [1.54, 1.807) is 6.07 Å². The Hall–Kier alpha value is -3.90. The molecule has 39 heavy (non-hydrogen) atoms. The Labute approximate surface area is 221 Å². The molecule has 3 aromatic heterocycles. The van der Waals surface area contributed by atoms with Crippen LogP contribution in [0, 0.1) is 0 Å². The molecule has 202 valence electrons. The summed E-state index contributed by atoms with van der Waals surface area (Å²) in [7, 11) is -3.98. The monoisotopic (exact) mass is 555 g/mol. The second kappa shape index (κ2) is 9.69. The van der Waals surface area contributed by atoms with Crippen molar-refractivity contribution in [1.29, 1.82) is 0 Å². The molecule has 5 aromatic rings. The number of alkyl halides is 3. The van der Waals surface area contributed by atoms with Crippen LogP contribution in [0.2, 0.25) is 0 Å². The molecule has 6 rings (SSSR count). The lowest BCUT2D eigenvalue weighted by molar-refractivity contribution is -0.274. The van der Waals surface area contributed by atoms with Crippen LogP contribution in [0.15, 0.2) is 72.1 Å². The lowest BCUT2D eigenvalue weighted by Gasteiger charge is -2.24. The average Bonchev–Trinajstić information content (AvgIpc) is 3.52. The van der Waals surface area contributed by atoms with E-state index in [2.05, 4.69) is 35.6 Å². The second-order valence-electron chi connectivity index (χ2n) is 9.58. The predicted molar refractivity (Wildman–Crippen MR) is 140 cm³/mol. The number of aromatic nitrogens is 4. The fraction of sp³-hybridized carbons (Fsp3) is 0.259. The van der Waals surface area contributed by atoms with E-state index < -0.39 is 27.7 Å². The Kier molecular flexibility index (Phi) is 6.31. The van der Waals surface area contributed by atoms with Gasteiger partial charge in [-0.1, -0.05) is 12.1 Å². The van der Waals surface area contributed by atoms with Crippen molar-refractivity contribution in [2.24, 2.45) is 0 Å². The van der Waals surface area contributed by atoms with E-state index in [4.69, 9.17) is 0 Å². The van der Waals surface area contributed by atoms with Crippen molar-refractivity contribution >= 4 is 31.9 Å². The van der Waals surface area contributed by atoms with Gasteiger partial charge in [-0.05, 0) is 66.9 Å². The molecule has 0 amide bonds. The van der Waals surface area contributed by atoms with E-state index in [-0.39, 0.29) is 4.90 Å². The molecule has 0 radical (unpaired) electrons. The van der Waals surface area contributed by atoms with E-state index in [1.165, 1.54) is 18.3 Å². The first-order valence-electron chi connectivity index (χ1n) is 12.4. The van der Waals surface area contributed by atoms with Crippen molar-refractivity contribution < 1.29 is 26.3 Å². The van der Waals surface area contributed by atoms with E-state index in [0.29, 0.717) is 17.3 Å². The number of nitrogens with zero attached hydrogens (tertiary/aromatic N) is 3. The maximum Gasteiger partial charge on any atom is 0.573 e. The summed E-state index contributed by atoms with van der Waals surface area (Å²) < 4.78 is 70.0. The summed E-state index contributed by atoms with van der Waals surface area (Å²) in [5.41, 5.74) is 4.70. The summed E-state index contributed by atoms with van der Waals surface area (Å²) in [5.74, 6) is -1.03. The number of hydrogen-bond donors (Lipinski definition) is 2. The molecule has 0 saturated carbocycles. The zero-order chi connectivity index (χ0) is 27.2. The highest BCUT2D eigenvalue weighted by atomic mass is 32.2. The van der Waals surface area contributed by atoms with Crippen LogP contribution in [0.3, 0.4) is 0 Å². The maximum atomic E-state index is 13.1. The van der Waals surface area contributed by atoms with Crippen LogP contribution in [0.5, 0.6) is 5.75 Å². The molecule has 8 nitrogen and oxygen atoms in total. The van der Waals surface area contributed by atoms with Gasteiger partial charge in [0.1, 0.15) is 11.4 Å². The molecule has 4 heterocycles. The lowest BCUT2D eigenvalue weighted by Crippen LogP contribution is -2.31. The van der Waals surface area contributed by atoms with Gasteiger partial charge >= 0.3 is 6.36 Å². The first-order chi connectivity index (χ1) is 18.7. The molecule has 1 saturated heterocycles. The van der Waals surface area contributed by atoms with Gasteiger partial charge in [0.25, 0.3) is 0 Å². The Balaban J connectivity index is 1.32. The van der Waals surface area contributed by atoms with Crippen LogP contribution in [0.1, 0.15) is 24.4 Å². The minimum atomic E-state index is -4.92. The standard InChI is InChI=1S/C27H24F3N5O3S/c28-27(29,30)38-20-4-1-5-21(11-20)39(36,37)15-17-9-22-23(14-33-26(22)32-12-17)18-6-7-24-25(10-18)35(16-34-24)19-3-2-8-31-13-19/h1,4-7,9-12,14,16,19,31H,2-3,8,13,15H2,(H,32,33). The van der Waals surface area contributed by atoms with Gasteiger partial charge in [-0.3, -0.25) is 0 Å².